The summed E-state index contributed by atoms with van der Waals surface area (Å²) in [5.74, 6) is -0.821. The number of halogens is 1. The third-order valence-corrected chi connectivity index (χ3v) is 10.9. The Bertz CT molecular complexity index is 887. The van der Waals surface area contributed by atoms with Crippen LogP contribution < -0.4 is 10.4 Å². The minimum Gasteiger partial charge on any atom is -0.460 e. The molecule has 180 valence electrons. The number of oxime groups is 1. The highest BCUT2D eigenvalue weighted by atomic mass is 35.5. The lowest BCUT2D eigenvalue weighted by atomic mass is 9.96. The molecule has 0 saturated heterocycles. The molecule has 5 nitrogen and oxygen atoms in total. The zero-order valence-electron chi connectivity index (χ0n) is 20.2. The molecule has 0 saturated carbocycles. The predicted molar refractivity (Wildman–Crippen MR) is 137 cm³/mol. The molecule has 0 heterocycles. The molecule has 0 radical (unpaired) electrons. The van der Waals surface area contributed by atoms with Gasteiger partial charge in [0.25, 0.3) is 8.32 Å². The van der Waals surface area contributed by atoms with Crippen LogP contribution in [0.15, 0.2) is 65.8 Å². The van der Waals surface area contributed by atoms with E-state index in [0.29, 0.717) is 19.3 Å². The summed E-state index contributed by atoms with van der Waals surface area (Å²) >= 11 is 6.13. The average molecular weight is 490 g/mol. The number of carbonyl (C=O) groups excluding carboxylic acids is 1. The fourth-order valence-corrected chi connectivity index (χ4v) is 8.22. The smallest absolute Gasteiger partial charge is 0.307 e. The summed E-state index contributed by atoms with van der Waals surface area (Å²) in [5, 5.41) is 13.8. The Labute approximate surface area is 203 Å². The van der Waals surface area contributed by atoms with Crippen LogP contribution in [0.4, 0.5) is 0 Å². The van der Waals surface area contributed by atoms with E-state index in [1.165, 1.54) is 0 Å². The summed E-state index contributed by atoms with van der Waals surface area (Å²) in [6.07, 6.45) is 1.99. The second-order valence-electron chi connectivity index (χ2n) is 10.1. The Morgan fingerprint density at radius 3 is 1.91 bits per heavy atom. The van der Waals surface area contributed by atoms with Gasteiger partial charge in [-0.2, -0.15) is 0 Å². The van der Waals surface area contributed by atoms with Crippen molar-refractivity contribution in [1.29, 1.82) is 0 Å². The van der Waals surface area contributed by atoms with Gasteiger partial charge in [0.2, 0.25) is 0 Å². The predicted octanol–water partition coefficient (Wildman–Crippen LogP) is 5.06. The summed E-state index contributed by atoms with van der Waals surface area (Å²) in [6, 6.07) is 19.7. The Kier molecular flexibility index (Phi) is 9.29. The van der Waals surface area contributed by atoms with E-state index in [9.17, 15) is 14.8 Å². The molecule has 0 bridgehead atoms. The highest BCUT2D eigenvalue weighted by molar-refractivity contribution is 6.98. The Morgan fingerprint density at radius 1 is 1.00 bits per heavy atom. The third kappa shape index (κ3) is 7.16. The normalized spacial score (nSPS) is 14.1. The summed E-state index contributed by atoms with van der Waals surface area (Å²) in [6.45, 7) is 9.63. The van der Waals surface area contributed by atoms with Crippen molar-refractivity contribution in [2.45, 2.75) is 70.9 Å². The fourth-order valence-electron chi connectivity index (χ4n) is 4.25. The van der Waals surface area contributed by atoms with Crippen LogP contribution in [0.3, 0.4) is 0 Å². The van der Waals surface area contributed by atoms with Crippen molar-refractivity contribution in [1.82, 2.24) is 0 Å². The monoisotopic (exact) mass is 489 g/mol. The van der Waals surface area contributed by atoms with E-state index in [1.54, 1.807) is 0 Å². The minimum absolute atomic E-state index is 0.00251. The maximum atomic E-state index is 12.3. The first-order valence-corrected chi connectivity index (χ1v) is 13.7. The lowest BCUT2D eigenvalue weighted by Gasteiger charge is -2.41. The fraction of sp³-hybridized carbons (Fsp3) is 0.462. The average Bonchev–Trinajstić information content (AvgIpc) is 2.77. The molecule has 0 spiro atoms. The quantitative estimate of drug-likeness (QED) is 0.161. The molecule has 0 aromatic heterocycles. The number of carbonyl (C=O) groups is 1. The van der Waals surface area contributed by atoms with Crippen molar-refractivity contribution in [3.05, 3.63) is 60.7 Å². The van der Waals surface area contributed by atoms with E-state index in [4.69, 9.17) is 16.3 Å². The van der Waals surface area contributed by atoms with Gasteiger partial charge >= 0.3 is 5.97 Å². The molecule has 0 aliphatic rings. The van der Waals surface area contributed by atoms with E-state index >= 15 is 0 Å². The van der Waals surface area contributed by atoms with Gasteiger partial charge in [-0.1, -0.05) is 97.7 Å². The first kappa shape index (κ1) is 27.1. The summed E-state index contributed by atoms with van der Waals surface area (Å²) in [4.78, 5) is 24.6. The van der Waals surface area contributed by atoms with Crippen molar-refractivity contribution < 1.29 is 19.5 Å². The van der Waals surface area contributed by atoms with Crippen LogP contribution in [0.1, 0.15) is 60.3 Å². The lowest BCUT2D eigenvalue weighted by Crippen LogP contribution is -2.65. The minimum atomic E-state index is -3.10. The number of esters is 1. The highest BCUT2D eigenvalue weighted by Crippen LogP contribution is 2.40. The Hall–Kier alpha value is -2.15. The molecule has 1 atom stereocenters. The van der Waals surface area contributed by atoms with E-state index in [0.717, 1.165) is 10.4 Å². The molecule has 7 heteroatoms. The molecule has 2 aromatic carbocycles. The van der Waals surface area contributed by atoms with Gasteiger partial charge < -0.3 is 14.7 Å². The second kappa shape index (κ2) is 11.3. The van der Waals surface area contributed by atoms with Gasteiger partial charge in [-0.05, 0) is 49.0 Å². The summed E-state index contributed by atoms with van der Waals surface area (Å²) < 4.78 is 5.41. The molecule has 0 amide bonds. The van der Waals surface area contributed by atoms with Crippen molar-refractivity contribution >= 4 is 41.4 Å². The summed E-state index contributed by atoms with van der Waals surface area (Å²) in [5.41, 5.74) is -0.597. The van der Waals surface area contributed by atoms with E-state index in [2.05, 4.69) is 19.0 Å². The van der Waals surface area contributed by atoms with Gasteiger partial charge in [0.05, 0.1) is 6.42 Å². The van der Waals surface area contributed by atoms with Crippen molar-refractivity contribution in [3.8, 4) is 0 Å². The standard InChI is InChI=1S/C26H36ClNO4Si/c1-25(2,3)32-23(29)19-20(24(27)28-30)13-12-18-26(4,5)33(31,21-14-8-6-9-15-21)22-16-10-7-11-17-22/h6-11,14-17,20,30-31H,12-13,18-19H2,1-5H3/b28-24-/t20-/m1/s1. The molecule has 0 fully saturated rings. The zero-order valence-corrected chi connectivity index (χ0v) is 22.0. The number of rotatable bonds is 10. The number of ether oxygens (including phenoxy) is 1. The maximum Gasteiger partial charge on any atom is 0.307 e. The van der Waals surface area contributed by atoms with Crippen molar-refractivity contribution in [2.24, 2.45) is 11.1 Å². The third-order valence-electron chi connectivity index (χ3n) is 5.98. The number of hydrogen-bond donors (Lipinski definition) is 2. The zero-order chi connectivity index (χ0) is 24.7. The van der Waals surface area contributed by atoms with Crippen LogP contribution in [-0.2, 0) is 9.53 Å². The molecule has 0 aliphatic carbocycles. The van der Waals surface area contributed by atoms with Crippen LogP contribution in [0.5, 0.6) is 0 Å². The largest absolute Gasteiger partial charge is 0.460 e. The van der Waals surface area contributed by atoms with Crippen LogP contribution in [0.2, 0.25) is 5.04 Å². The van der Waals surface area contributed by atoms with Crippen LogP contribution in [0, 0.1) is 5.92 Å². The molecular formula is C26H36ClNO4Si. The SMILES string of the molecule is CC(C)(C)OC(=O)C[C@@H](CCCC(C)(C)[Si](O)(c1ccccc1)c1ccccc1)/C(Cl)=N/O. The Balaban J connectivity index is 2.21. The highest BCUT2D eigenvalue weighted by Gasteiger charge is 2.49. The molecule has 33 heavy (non-hydrogen) atoms. The maximum absolute atomic E-state index is 12.3. The lowest BCUT2D eigenvalue weighted by molar-refractivity contribution is -0.155. The molecule has 2 aromatic rings. The van der Waals surface area contributed by atoms with Crippen LogP contribution in [-0.4, -0.2) is 35.1 Å². The molecule has 2 N–H and O–H groups in total. The van der Waals surface area contributed by atoms with Gasteiger partial charge in [-0.3, -0.25) is 4.79 Å². The molecule has 0 unspecified atom stereocenters. The number of nitrogens with zero attached hydrogens (tertiary/aromatic N) is 1. The van der Waals surface area contributed by atoms with Gasteiger partial charge in [0.1, 0.15) is 10.8 Å². The van der Waals surface area contributed by atoms with Gasteiger partial charge in [-0.15, -0.1) is 0 Å². The topological polar surface area (TPSA) is 79.1 Å². The Morgan fingerprint density at radius 2 is 1.48 bits per heavy atom. The van der Waals surface area contributed by atoms with Gasteiger partial charge in [0, 0.05) is 5.92 Å². The molecule has 0 aliphatic heterocycles. The van der Waals surface area contributed by atoms with Crippen LogP contribution >= 0.6 is 11.6 Å². The van der Waals surface area contributed by atoms with Gasteiger partial charge in [0.15, 0.2) is 0 Å². The summed E-state index contributed by atoms with van der Waals surface area (Å²) in [7, 11) is -3.10. The van der Waals surface area contributed by atoms with Crippen molar-refractivity contribution in [2.75, 3.05) is 0 Å². The van der Waals surface area contributed by atoms with E-state index in [1.807, 2.05) is 81.4 Å². The molecular weight excluding hydrogens is 454 g/mol. The first-order valence-electron chi connectivity index (χ1n) is 11.3. The van der Waals surface area contributed by atoms with Crippen molar-refractivity contribution in [3.63, 3.8) is 0 Å². The van der Waals surface area contributed by atoms with E-state index < -0.39 is 24.9 Å². The van der Waals surface area contributed by atoms with Crippen LogP contribution in [0.25, 0.3) is 0 Å². The number of hydrogen-bond acceptors (Lipinski definition) is 5. The second-order valence-corrected chi connectivity index (χ2v) is 14.4. The van der Waals surface area contributed by atoms with Gasteiger partial charge in [-0.25, -0.2) is 0 Å². The number of benzene rings is 2. The molecule has 2 rings (SSSR count). The van der Waals surface area contributed by atoms with E-state index in [-0.39, 0.29) is 17.6 Å². The first-order chi connectivity index (χ1) is 15.4.